The number of rotatable bonds is 4. The normalized spacial score (nSPS) is 26.2. The lowest BCUT2D eigenvalue weighted by Crippen LogP contribution is -2.41. The minimum Gasteiger partial charge on any atom is -0.377 e. The fraction of sp³-hybridized carbons (Fsp3) is 0.571. The second kappa shape index (κ2) is 5.57. The summed E-state index contributed by atoms with van der Waals surface area (Å²) >= 11 is 0. The third-order valence-corrected chi connectivity index (χ3v) is 3.65. The number of ether oxygens (including phenoxy) is 1. The first-order chi connectivity index (χ1) is 9.05. The molecular formula is C14H21N3O2. The Morgan fingerprint density at radius 3 is 3.05 bits per heavy atom. The fourth-order valence-corrected chi connectivity index (χ4v) is 2.21. The second-order valence-corrected chi connectivity index (χ2v) is 5.09. The minimum absolute atomic E-state index is 0.0974. The highest BCUT2D eigenvalue weighted by atomic mass is 16.5. The lowest BCUT2D eigenvalue weighted by Gasteiger charge is -2.30. The van der Waals surface area contributed by atoms with Gasteiger partial charge in [0.25, 0.3) is 5.91 Å². The van der Waals surface area contributed by atoms with Gasteiger partial charge in [-0.3, -0.25) is 9.78 Å². The Morgan fingerprint density at radius 1 is 1.63 bits per heavy atom. The van der Waals surface area contributed by atoms with Crippen LogP contribution in [-0.2, 0) is 4.74 Å². The van der Waals surface area contributed by atoms with Crippen LogP contribution >= 0.6 is 0 Å². The van der Waals surface area contributed by atoms with E-state index >= 15 is 0 Å². The monoisotopic (exact) mass is 263 g/mol. The summed E-state index contributed by atoms with van der Waals surface area (Å²) in [4.78, 5) is 15.8. The smallest absolute Gasteiger partial charge is 0.269 e. The maximum absolute atomic E-state index is 11.8. The third kappa shape index (κ3) is 3.04. The lowest BCUT2D eigenvalue weighted by atomic mass is 9.94. The van der Waals surface area contributed by atoms with Gasteiger partial charge in [-0.2, -0.15) is 0 Å². The van der Waals surface area contributed by atoms with Crippen molar-refractivity contribution in [3.8, 4) is 0 Å². The number of nitrogens with one attached hydrogen (secondary N) is 2. The molecule has 2 atom stereocenters. The molecule has 1 saturated heterocycles. The topological polar surface area (TPSA) is 63.2 Å². The number of aromatic nitrogens is 1. The van der Waals surface area contributed by atoms with E-state index in [2.05, 4.69) is 29.5 Å². The first kappa shape index (κ1) is 13.8. The molecule has 5 heteroatoms. The van der Waals surface area contributed by atoms with E-state index in [1.807, 2.05) is 13.0 Å². The molecule has 2 N–H and O–H groups in total. The van der Waals surface area contributed by atoms with Gasteiger partial charge in [0.15, 0.2) is 0 Å². The lowest BCUT2D eigenvalue weighted by molar-refractivity contribution is 0.0951. The Bertz CT molecular complexity index is 464. The predicted molar refractivity (Wildman–Crippen MR) is 74.3 cm³/mol. The Labute approximate surface area is 113 Å². The summed E-state index contributed by atoms with van der Waals surface area (Å²) in [5.74, 6) is -0.146. The largest absolute Gasteiger partial charge is 0.377 e. The summed E-state index contributed by atoms with van der Waals surface area (Å²) in [6, 6.07) is 3.65. The van der Waals surface area contributed by atoms with Crippen LogP contribution in [0, 0.1) is 0 Å². The standard InChI is InChI=1S/C14H21N3O2/c1-4-15-13(18)12-9-11(5-7-16-12)17-14(3)6-8-19-10(14)2/h5,7,9-10H,4,6,8H2,1-3H3,(H,15,18)(H,16,17). The summed E-state index contributed by atoms with van der Waals surface area (Å²) < 4.78 is 5.60. The summed E-state index contributed by atoms with van der Waals surface area (Å²) in [7, 11) is 0. The van der Waals surface area contributed by atoms with Gasteiger partial charge in [0, 0.05) is 25.0 Å². The van der Waals surface area contributed by atoms with Crippen molar-refractivity contribution in [2.75, 3.05) is 18.5 Å². The van der Waals surface area contributed by atoms with Crippen LogP contribution < -0.4 is 10.6 Å². The van der Waals surface area contributed by atoms with E-state index in [-0.39, 0.29) is 17.6 Å². The number of hydrogen-bond donors (Lipinski definition) is 2. The molecule has 2 rings (SSSR count). The first-order valence-electron chi connectivity index (χ1n) is 6.69. The van der Waals surface area contributed by atoms with E-state index in [0.29, 0.717) is 12.2 Å². The maximum Gasteiger partial charge on any atom is 0.269 e. The maximum atomic E-state index is 11.8. The molecule has 0 saturated carbocycles. The molecule has 0 aromatic carbocycles. The van der Waals surface area contributed by atoms with E-state index in [1.54, 1.807) is 12.3 Å². The quantitative estimate of drug-likeness (QED) is 0.869. The zero-order valence-electron chi connectivity index (χ0n) is 11.7. The van der Waals surface area contributed by atoms with Crippen molar-refractivity contribution in [3.63, 3.8) is 0 Å². The molecule has 1 aromatic heterocycles. The zero-order chi connectivity index (χ0) is 13.9. The van der Waals surface area contributed by atoms with Gasteiger partial charge >= 0.3 is 0 Å². The van der Waals surface area contributed by atoms with E-state index in [9.17, 15) is 4.79 Å². The molecule has 1 aliphatic rings. The third-order valence-electron chi connectivity index (χ3n) is 3.65. The van der Waals surface area contributed by atoms with Gasteiger partial charge in [0.2, 0.25) is 0 Å². The SMILES string of the molecule is CCNC(=O)c1cc(NC2(C)CCOC2C)ccn1. The summed E-state index contributed by atoms with van der Waals surface area (Å²) in [6.45, 7) is 7.45. The molecule has 2 unspecified atom stereocenters. The number of carbonyl (C=O) groups excluding carboxylic acids is 1. The van der Waals surface area contributed by atoms with Gasteiger partial charge in [-0.1, -0.05) is 0 Å². The van der Waals surface area contributed by atoms with E-state index in [1.165, 1.54) is 0 Å². The Kier molecular flexibility index (Phi) is 4.04. The molecule has 0 spiro atoms. The highest BCUT2D eigenvalue weighted by Crippen LogP contribution is 2.29. The van der Waals surface area contributed by atoms with E-state index < -0.39 is 0 Å². The molecular weight excluding hydrogens is 242 g/mol. The van der Waals surface area contributed by atoms with Gasteiger partial charge in [-0.15, -0.1) is 0 Å². The number of pyridine rings is 1. The van der Waals surface area contributed by atoms with E-state index in [4.69, 9.17) is 4.74 Å². The number of amides is 1. The van der Waals surface area contributed by atoms with Crippen LogP contribution in [0.3, 0.4) is 0 Å². The van der Waals surface area contributed by atoms with Crippen molar-refractivity contribution in [2.24, 2.45) is 0 Å². The van der Waals surface area contributed by atoms with Crippen LogP contribution in [0.5, 0.6) is 0 Å². The average molecular weight is 263 g/mol. The van der Waals surface area contributed by atoms with Gasteiger partial charge in [-0.05, 0) is 39.3 Å². The highest BCUT2D eigenvalue weighted by molar-refractivity contribution is 5.93. The molecule has 104 valence electrons. The zero-order valence-corrected chi connectivity index (χ0v) is 11.7. The van der Waals surface area contributed by atoms with Crippen molar-refractivity contribution >= 4 is 11.6 Å². The van der Waals surface area contributed by atoms with Crippen LogP contribution in [0.4, 0.5) is 5.69 Å². The Hall–Kier alpha value is -1.62. The number of carbonyl (C=O) groups is 1. The van der Waals surface area contributed by atoms with Crippen LogP contribution in [0.2, 0.25) is 0 Å². The van der Waals surface area contributed by atoms with Gasteiger partial charge in [0.1, 0.15) is 5.69 Å². The molecule has 1 fully saturated rings. The predicted octanol–water partition coefficient (Wildman–Crippen LogP) is 1.81. The fourth-order valence-electron chi connectivity index (χ4n) is 2.21. The molecule has 0 bridgehead atoms. The van der Waals surface area contributed by atoms with Crippen LogP contribution in [0.25, 0.3) is 0 Å². The van der Waals surface area contributed by atoms with Crippen LogP contribution in [-0.4, -0.2) is 35.7 Å². The van der Waals surface area contributed by atoms with Crippen molar-refractivity contribution < 1.29 is 9.53 Å². The van der Waals surface area contributed by atoms with Crippen LogP contribution in [0.15, 0.2) is 18.3 Å². The molecule has 1 aromatic rings. The van der Waals surface area contributed by atoms with Crippen molar-refractivity contribution in [1.29, 1.82) is 0 Å². The van der Waals surface area contributed by atoms with Crippen molar-refractivity contribution in [2.45, 2.75) is 38.8 Å². The number of hydrogen-bond acceptors (Lipinski definition) is 4. The number of nitrogens with zero attached hydrogens (tertiary/aromatic N) is 1. The first-order valence-corrected chi connectivity index (χ1v) is 6.69. The van der Waals surface area contributed by atoms with Gasteiger partial charge in [-0.25, -0.2) is 0 Å². The molecule has 1 aliphatic heterocycles. The molecule has 0 radical (unpaired) electrons. The molecule has 5 nitrogen and oxygen atoms in total. The summed E-state index contributed by atoms with van der Waals surface area (Å²) in [5, 5.41) is 6.21. The van der Waals surface area contributed by atoms with Crippen molar-refractivity contribution in [1.82, 2.24) is 10.3 Å². The van der Waals surface area contributed by atoms with E-state index in [0.717, 1.165) is 18.7 Å². The minimum atomic E-state index is -0.146. The number of anilines is 1. The molecule has 1 amide bonds. The van der Waals surface area contributed by atoms with Crippen molar-refractivity contribution in [3.05, 3.63) is 24.0 Å². The Morgan fingerprint density at radius 2 is 2.42 bits per heavy atom. The highest BCUT2D eigenvalue weighted by Gasteiger charge is 2.36. The summed E-state index contributed by atoms with van der Waals surface area (Å²) in [5.41, 5.74) is 1.23. The molecule has 19 heavy (non-hydrogen) atoms. The van der Waals surface area contributed by atoms with Crippen LogP contribution in [0.1, 0.15) is 37.7 Å². The van der Waals surface area contributed by atoms with Gasteiger partial charge < -0.3 is 15.4 Å². The average Bonchev–Trinajstić information content (AvgIpc) is 2.70. The van der Waals surface area contributed by atoms with Gasteiger partial charge in [0.05, 0.1) is 11.6 Å². The second-order valence-electron chi connectivity index (χ2n) is 5.09. The molecule has 0 aliphatic carbocycles. The molecule has 2 heterocycles. The summed E-state index contributed by atoms with van der Waals surface area (Å²) in [6.07, 6.45) is 2.75. The Balaban J connectivity index is 2.13.